The predicted molar refractivity (Wildman–Crippen MR) is 90.3 cm³/mol. The molecular formula is C17H25FN4O. The van der Waals surface area contributed by atoms with Crippen LogP contribution >= 0.6 is 0 Å². The number of aliphatic imine (C=N–C) groups is 1. The Hall–Kier alpha value is -1.82. The van der Waals surface area contributed by atoms with Crippen molar-refractivity contribution in [3.8, 4) is 0 Å². The van der Waals surface area contributed by atoms with E-state index in [1.165, 1.54) is 18.6 Å². The van der Waals surface area contributed by atoms with E-state index in [9.17, 15) is 4.39 Å². The maximum Gasteiger partial charge on any atom is 0.191 e. The predicted octanol–water partition coefficient (Wildman–Crippen LogP) is 1.83. The molecule has 1 aliphatic carbocycles. The molecule has 1 heterocycles. The lowest BCUT2D eigenvalue weighted by atomic mass is 9.80. The van der Waals surface area contributed by atoms with Crippen molar-refractivity contribution in [2.24, 2.45) is 10.7 Å². The highest BCUT2D eigenvalue weighted by Crippen LogP contribution is 2.35. The first-order chi connectivity index (χ1) is 11.1. The average Bonchev–Trinajstić information content (AvgIpc) is 2.55. The first kappa shape index (κ1) is 16.1. The second kappa shape index (κ2) is 6.74. The Balaban J connectivity index is 1.52. The van der Waals surface area contributed by atoms with Gasteiger partial charge in [0.05, 0.1) is 12.1 Å². The number of hydrogen-bond donors (Lipinski definition) is 1. The minimum Gasteiger partial charge on any atom is -0.376 e. The standard InChI is InChI=1S/C17H25FN4O/c1-23-17(7-2-8-17)13-20-16(19)22-11-9-21(10-12-22)15-5-3-14(18)4-6-15/h3-6H,2,7-13H2,1H3,(H2,19,20). The van der Waals surface area contributed by atoms with Crippen molar-refractivity contribution in [3.05, 3.63) is 30.1 Å². The first-order valence-corrected chi connectivity index (χ1v) is 8.22. The molecule has 0 spiro atoms. The van der Waals surface area contributed by atoms with Crippen LogP contribution in [0.4, 0.5) is 10.1 Å². The number of halogens is 1. The van der Waals surface area contributed by atoms with Gasteiger partial charge in [0.2, 0.25) is 0 Å². The highest BCUT2D eigenvalue weighted by molar-refractivity contribution is 5.78. The average molecular weight is 320 g/mol. The van der Waals surface area contributed by atoms with Crippen LogP contribution in [0.3, 0.4) is 0 Å². The van der Waals surface area contributed by atoms with Gasteiger partial charge in [0, 0.05) is 39.0 Å². The molecule has 1 aliphatic heterocycles. The van der Waals surface area contributed by atoms with Gasteiger partial charge in [0.25, 0.3) is 0 Å². The maximum atomic E-state index is 13.0. The van der Waals surface area contributed by atoms with Crippen LogP contribution in [0, 0.1) is 5.82 Å². The number of nitrogens with zero attached hydrogens (tertiary/aromatic N) is 3. The van der Waals surface area contributed by atoms with Gasteiger partial charge in [-0.2, -0.15) is 0 Å². The smallest absolute Gasteiger partial charge is 0.191 e. The van der Waals surface area contributed by atoms with Crippen molar-refractivity contribution >= 4 is 11.6 Å². The van der Waals surface area contributed by atoms with E-state index in [4.69, 9.17) is 10.5 Å². The molecule has 0 bridgehead atoms. The highest BCUT2D eigenvalue weighted by atomic mass is 19.1. The Labute approximate surface area is 136 Å². The van der Waals surface area contributed by atoms with Gasteiger partial charge in [0.1, 0.15) is 5.82 Å². The molecule has 0 amide bonds. The van der Waals surface area contributed by atoms with Crippen LogP contribution in [0.2, 0.25) is 0 Å². The Kier molecular flexibility index (Phi) is 4.71. The number of benzene rings is 1. The molecule has 0 aromatic heterocycles. The van der Waals surface area contributed by atoms with E-state index in [0.717, 1.165) is 44.7 Å². The number of rotatable bonds is 4. The van der Waals surface area contributed by atoms with E-state index in [-0.39, 0.29) is 11.4 Å². The summed E-state index contributed by atoms with van der Waals surface area (Å²) in [5.41, 5.74) is 7.11. The van der Waals surface area contributed by atoms with E-state index in [1.807, 2.05) is 12.1 Å². The topological polar surface area (TPSA) is 54.1 Å². The molecule has 1 aromatic carbocycles. The molecule has 2 aliphatic rings. The minimum atomic E-state index is -0.202. The van der Waals surface area contributed by atoms with E-state index < -0.39 is 0 Å². The third kappa shape index (κ3) is 3.58. The molecule has 3 rings (SSSR count). The highest BCUT2D eigenvalue weighted by Gasteiger charge is 2.37. The monoisotopic (exact) mass is 320 g/mol. The normalized spacial score (nSPS) is 21.2. The van der Waals surface area contributed by atoms with Gasteiger partial charge < -0.3 is 20.3 Å². The first-order valence-electron chi connectivity index (χ1n) is 8.22. The van der Waals surface area contributed by atoms with Gasteiger partial charge in [-0.3, -0.25) is 4.99 Å². The Morgan fingerprint density at radius 2 is 1.87 bits per heavy atom. The SMILES string of the molecule is COC1(CN=C(N)N2CCN(c3ccc(F)cc3)CC2)CCC1. The number of hydrogen-bond acceptors (Lipinski definition) is 3. The van der Waals surface area contributed by atoms with Gasteiger partial charge >= 0.3 is 0 Å². The molecule has 1 saturated carbocycles. The quantitative estimate of drug-likeness (QED) is 0.679. The Morgan fingerprint density at radius 1 is 1.22 bits per heavy atom. The third-order valence-corrected chi connectivity index (χ3v) is 5.02. The maximum absolute atomic E-state index is 13.0. The summed E-state index contributed by atoms with van der Waals surface area (Å²) in [5, 5.41) is 0. The summed E-state index contributed by atoms with van der Waals surface area (Å²) >= 11 is 0. The van der Waals surface area contributed by atoms with Crippen LogP contribution in [0.1, 0.15) is 19.3 Å². The van der Waals surface area contributed by atoms with Gasteiger partial charge in [-0.1, -0.05) is 0 Å². The molecular weight excluding hydrogens is 295 g/mol. The van der Waals surface area contributed by atoms with Crippen molar-refractivity contribution in [3.63, 3.8) is 0 Å². The Bertz CT molecular complexity index is 543. The van der Waals surface area contributed by atoms with E-state index in [2.05, 4.69) is 14.8 Å². The lowest BCUT2D eigenvalue weighted by Gasteiger charge is -2.40. The summed E-state index contributed by atoms with van der Waals surface area (Å²) in [6.07, 6.45) is 3.34. The number of anilines is 1. The fourth-order valence-corrected chi connectivity index (χ4v) is 3.17. The van der Waals surface area contributed by atoms with Crippen LogP contribution in [0.5, 0.6) is 0 Å². The molecule has 0 atom stereocenters. The summed E-state index contributed by atoms with van der Waals surface area (Å²) in [6, 6.07) is 6.64. The van der Waals surface area contributed by atoms with Crippen LogP contribution in [0.15, 0.2) is 29.3 Å². The number of nitrogens with two attached hydrogens (primary N) is 1. The molecule has 126 valence electrons. The molecule has 0 radical (unpaired) electrons. The molecule has 1 saturated heterocycles. The lowest BCUT2D eigenvalue weighted by molar-refractivity contribution is -0.0631. The van der Waals surface area contributed by atoms with Crippen LogP contribution < -0.4 is 10.6 Å². The van der Waals surface area contributed by atoms with Gasteiger partial charge in [-0.05, 0) is 43.5 Å². The lowest BCUT2D eigenvalue weighted by Crippen LogP contribution is -2.52. The summed E-state index contributed by atoms with van der Waals surface area (Å²) < 4.78 is 18.6. The van der Waals surface area contributed by atoms with Crippen LogP contribution in [-0.2, 0) is 4.74 Å². The molecule has 1 aromatic rings. The van der Waals surface area contributed by atoms with Crippen molar-refractivity contribution in [1.82, 2.24) is 4.90 Å². The van der Waals surface area contributed by atoms with E-state index in [0.29, 0.717) is 12.5 Å². The molecule has 6 heteroatoms. The number of ether oxygens (including phenoxy) is 1. The summed E-state index contributed by atoms with van der Waals surface area (Å²) in [7, 11) is 1.76. The van der Waals surface area contributed by atoms with E-state index >= 15 is 0 Å². The Morgan fingerprint density at radius 3 is 2.39 bits per heavy atom. The van der Waals surface area contributed by atoms with Crippen LogP contribution in [-0.4, -0.2) is 56.3 Å². The molecule has 23 heavy (non-hydrogen) atoms. The molecule has 0 unspecified atom stereocenters. The fraction of sp³-hybridized carbons (Fsp3) is 0.588. The third-order valence-electron chi connectivity index (χ3n) is 5.02. The second-order valence-corrected chi connectivity index (χ2v) is 6.37. The summed E-state index contributed by atoms with van der Waals surface area (Å²) in [5.74, 6) is 0.402. The van der Waals surface area contributed by atoms with Crippen LogP contribution in [0.25, 0.3) is 0 Å². The minimum absolute atomic E-state index is 0.0828. The zero-order chi connectivity index (χ0) is 16.3. The number of piperazine rings is 1. The van der Waals surface area contributed by atoms with E-state index in [1.54, 1.807) is 7.11 Å². The van der Waals surface area contributed by atoms with Gasteiger partial charge in [-0.25, -0.2) is 4.39 Å². The van der Waals surface area contributed by atoms with Crippen molar-refractivity contribution < 1.29 is 9.13 Å². The molecule has 2 fully saturated rings. The second-order valence-electron chi connectivity index (χ2n) is 6.37. The van der Waals surface area contributed by atoms with Crippen molar-refractivity contribution in [2.75, 3.05) is 44.7 Å². The summed E-state index contributed by atoms with van der Waals surface area (Å²) in [6.45, 7) is 4.02. The van der Waals surface area contributed by atoms with Crippen molar-refractivity contribution in [1.29, 1.82) is 0 Å². The zero-order valence-corrected chi connectivity index (χ0v) is 13.7. The number of methoxy groups -OCH3 is 1. The number of guanidine groups is 1. The molecule has 5 nitrogen and oxygen atoms in total. The fourth-order valence-electron chi connectivity index (χ4n) is 3.17. The summed E-state index contributed by atoms with van der Waals surface area (Å²) in [4.78, 5) is 8.90. The molecule has 2 N–H and O–H groups in total. The zero-order valence-electron chi connectivity index (χ0n) is 13.7. The largest absolute Gasteiger partial charge is 0.376 e. The van der Waals surface area contributed by atoms with Crippen molar-refractivity contribution in [2.45, 2.75) is 24.9 Å². The van der Waals surface area contributed by atoms with Gasteiger partial charge in [-0.15, -0.1) is 0 Å². The van der Waals surface area contributed by atoms with Gasteiger partial charge in [0.15, 0.2) is 5.96 Å².